The van der Waals surface area contributed by atoms with Crippen molar-refractivity contribution in [2.45, 2.75) is 44.2 Å². The molecule has 0 aromatic rings. The lowest BCUT2D eigenvalue weighted by atomic mass is 10.0. The van der Waals surface area contributed by atoms with Crippen LogP contribution in [-0.2, 0) is 0 Å². The summed E-state index contributed by atoms with van der Waals surface area (Å²) in [6.07, 6.45) is 7.47. The zero-order valence-electron chi connectivity index (χ0n) is 7.52. The molecule has 2 fully saturated rings. The maximum absolute atomic E-state index is 2.42. The zero-order chi connectivity index (χ0) is 7.19. The smallest absolute Gasteiger partial charge is 0.0890 e. The van der Waals surface area contributed by atoms with Crippen molar-refractivity contribution in [1.82, 2.24) is 0 Å². The topological polar surface area (TPSA) is 0 Å². The van der Waals surface area contributed by atoms with Crippen molar-refractivity contribution in [2.24, 2.45) is 0 Å². The summed E-state index contributed by atoms with van der Waals surface area (Å²) in [6.45, 7) is 0. The van der Waals surface area contributed by atoms with Crippen LogP contribution in [0, 0.1) is 0 Å². The summed E-state index contributed by atoms with van der Waals surface area (Å²) in [4.78, 5) is 0. The number of rotatable bonds is 0. The van der Waals surface area contributed by atoms with Gasteiger partial charge < -0.3 is 28.5 Å². The van der Waals surface area contributed by atoms with Crippen LogP contribution in [0.2, 0.25) is 0 Å². The normalized spacial score (nSPS) is 39.8. The molecule has 66 valence electrons. The minimum atomic E-state index is 0. The fraction of sp³-hybridized carbons (Fsp3) is 1.00. The second-order valence-electron chi connectivity index (χ2n) is 4.44. The van der Waals surface area contributed by atoms with Crippen molar-refractivity contribution in [1.29, 1.82) is 0 Å². The first kappa shape index (κ1) is 9.78. The highest BCUT2D eigenvalue weighted by Crippen LogP contribution is 2.39. The SMILES string of the molecule is C[N+]1(C)C2CCCC1CC2.[I-]. The predicted molar refractivity (Wildman–Crippen MR) is 42.8 cm³/mol. The van der Waals surface area contributed by atoms with Crippen molar-refractivity contribution in [2.75, 3.05) is 14.1 Å². The zero-order valence-corrected chi connectivity index (χ0v) is 9.67. The second-order valence-corrected chi connectivity index (χ2v) is 4.44. The molecule has 0 aromatic heterocycles. The molecule has 0 aliphatic carbocycles. The molecule has 0 saturated carbocycles. The standard InChI is InChI=1S/C9H18N.HI/c1-10(2)8-4-3-5-9(10)7-6-8;/h8-9H,3-7H2,1-2H3;1H/q+1;/p-1. The van der Waals surface area contributed by atoms with E-state index in [1.165, 1.54) is 36.6 Å². The van der Waals surface area contributed by atoms with Crippen molar-refractivity contribution in [3.8, 4) is 0 Å². The Bertz CT molecular complexity index is 126. The van der Waals surface area contributed by atoms with E-state index < -0.39 is 0 Å². The van der Waals surface area contributed by atoms with Gasteiger partial charge in [0.15, 0.2) is 0 Å². The second kappa shape index (κ2) is 3.21. The number of nitrogens with zero attached hydrogens (tertiary/aromatic N) is 1. The molecule has 2 unspecified atom stereocenters. The van der Waals surface area contributed by atoms with E-state index in [0.717, 1.165) is 12.1 Å². The minimum absolute atomic E-state index is 0. The Hall–Kier alpha value is 0.690. The van der Waals surface area contributed by atoms with Gasteiger partial charge in [0.25, 0.3) is 0 Å². The number of fused-ring (bicyclic) bond motifs is 2. The highest BCUT2D eigenvalue weighted by molar-refractivity contribution is 4.79. The molecule has 11 heavy (non-hydrogen) atoms. The number of piperidine rings is 1. The molecule has 2 rings (SSSR count). The van der Waals surface area contributed by atoms with Crippen LogP contribution in [0.25, 0.3) is 0 Å². The van der Waals surface area contributed by atoms with E-state index in [9.17, 15) is 0 Å². The van der Waals surface area contributed by atoms with Crippen molar-refractivity contribution in [3.63, 3.8) is 0 Å². The highest BCUT2D eigenvalue weighted by atomic mass is 127. The maximum atomic E-state index is 2.42. The molecule has 2 heteroatoms. The van der Waals surface area contributed by atoms with Crippen LogP contribution < -0.4 is 24.0 Å². The molecule has 2 saturated heterocycles. The average molecular weight is 267 g/mol. The van der Waals surface area contributed by atoms with Gasteiger partial charge in [-0.05, 0) is 19.3 Å². The average Bonchev–Trinajstić information content (AvgIpc) is 2.17. The Labute approximate surface area is 86.8 Å². The van der Waals surface area contributed by atoms with Crippen LogP contribution in [0.15, 0.2) is 0 Å². The molecule has 0 radical (unpaired) electrons. The van der Waals surface area contributed by atoms with Gasteiger partial charge in [-0.1, -0.05) is 0 Å². The molecular formula is C9H18IN. The fourth-order valence-corrected chi connectivity index (χ4v) is 2.89. The Kier molecular flexibility index (Phi) is 2.85. The lowest BCUT2D eigenvalue weighted by molar-refractivity contribution is -0.930. The summed E-state index contributed by atoms with van der Waals surface area (Å²) < 4.78 is 1.33. The third-order valence-electron chi connectivity index (χ3n) is 3.79. The largest absolute Gasteiger partial charge is 1.00 e. The van der Waals surface area contributed by atoms with Crippen molar-refractivity contribution < 1.29 is 28.5 Å². The third kappa shape index (κ3) is 1.44. The molecule has 2 aliphatic heterocycles. The van der Waals surface area contributed by atoms with E-state index in [-0.39, 0.29) is 24.0 Å². The molecule has 0 aromatic carbocycles. The van der Waals surface area contributed by atoms with Gasteiger partial charge in [-0.15, -0.1) is 0 Å². The summed E-state index contributed by atoms with van der Waals surface area (Å²) in [5, 5.41) is 0. The first-order chi connectivity index (χ1) is 4.71. The van der Waals surface area contributed by atoms with Gasteiger partial charge in [-0.25, -0.2) is 0 Å². The quantitative estimate of drug-likeness (QED) is 0.381. The summed E-state index contributed by atoms with van der Waals surface area (Å²) in [6, 6.07) is 2.03. The Morgan fingerprint density at radius 2 is 1.36 bits per heavy atom. The number of halogens is 1. The fourth-order valence-electron chi connectivity index (χ4n) is 2.89. The Balaban J connectivity index is 0.000000605. The van der Waals surface area contributed by atoms with Gasteiger partial charge in [-0.3, -0.25) is 0 Å². The van der Waals surface area contributed by atoms with Crippen molar-refractivity contribution >= 4 is 0 Å². The summed E-state index contributed by atoms with van der Waals surface area (Å²) in [5.74, 6) is 0. The highest BCUT2D eigenvalue weighted by Gasteiger charge is 2.45. The van der Waals surface area contributed by atoms with E-state index in [4.69, 9.17) is 0 Å². The predicted octanol–water partition coefficient (Wildman–Crippen LogP) is -1.22. The molecule has 0 N–H and O–H groups in total. The number of quaternary nitrogens is 1. The monoisotopic (exact) mass is 267 g/mol. The van der Waals surface area contributed by atoms with Gasteiger partial charge in [-0.2, -0.15) is 0 Å². The van der Waals surface area contributed by atoms with E-state index in [1.54, 1.807) is 0 Å². The molecule has 2 bridgehead atoms. The number of hydrogen-bond donors (Lipinski definition) is 0. The van der Waals surface area contributed by atoms with E-state index in [1.807, 2.05) is 0 Å². The molecule has 2 aliphatic rings. The van der Waals surface area contributed by atoms with Gasteiger partial charge >= 0.3 is 0 Å². The molecule has 0 spiro atoms. The molecule has 0 amide bonds. The number of hydrogen-bond acceptors (Lipinski definition) is 0. The first-order valence-electron chi connectivity index (χ1n) is 4.54. The van der Waals surface area contributed by atoms with Crippen LogP contribution >= 0.6 is 0 Å². The van der Waals surface area contributed by atoms with E-state index in [2.05, 4.69) is 14.1 Å². The van der Waals surface area contributed by atoms with Crippen LogP contribution in [0.4, 0.5) is 0 Å². The van der Waals surface area contributed by atoms with Crippen LogP contribution in [0.1, 0.15) is 32.1 Å². The van der Waals surface area contributed by atoms with Gasteiger partial charge in [0.2, 0.25) is 0 Å². The van der Waals surface area contributed by atoms with Crippen LogP contribution in [0.3, 0.4) is 0 Å². The maximum Gasteiger partial charge on any atom is 0.0890 e. The summed E-state index contributed by atoms with van der Waals surface area (Å²) in [5.41, 5.74) is 0. The van der Waals surface area contributed by atoms with E-state index >= 15 is 0 Å². The van der Waals surface area contributed by atoms with E-state index in [0.29, 0.717) is 0 Å². The lowest BCUT2D eigenvalue weighted by Crippen LogP contribution is -3.00. The molecule has 1 nitrogen and oxygen atoms in total. The molecule has 2 atom stereocenters. The molecule has 2 heterocycles. The Morgan fingerprint density at radius 1 is 0.909 bits per heavy atom. The minimum Gasteiger partial charge on any atom is -1.00 e. The lowest BCUT2D eigenvalue weighted by Gasteiger charge is -2.41. The summed E-state index contributed by atoms with van der Waals surface area (Å²) in [7, 11) is 4.84. The first-order valence-corrected chi connectivity index (χ1v) is 4.54. The third-order valence-corrected chi connectivity index (χ3v) is 3.79. The van der Waals surface area contributed by atoms with Crippen molar-refractivity contribution in [3.05, 3.63) is 0 Å². The Morgan fingerprint density at radius 3 is 1.73 bits per heavy atom. The molecular weight excluding hydrogens is 249 g/mol. The van der Waals surface area contributed by atoms with Gasteiger partial charge in [0, 0.05) is 12.8 Å². The van der Waals surface area contributed by atoms with Gasteiger partial charge in [0.1, 0.15) is 0 Å². The van der Waals surface area contributed by atoms with Crippen LogP contribution in [0.5, 0.6) is 0 Å². The van der Waals surface area contributed by atoms with Crippen LogP contribution in [-0.4, -0.2) is 30.7 Å². The summed E-state index contributed by atoms with van der Waals surface area (Å²) >= 11 is 0. The van der Waals surface area contributed by atoms with Gasteiger partial charge in [0.05, 0.1) is 26.2 Å².